The molecule has 0 aromatic heterocycles. The van der Waals surface area contributed by atoms with Gasteiger partial charge in [0.1, 0.15) is 0 Å². The monoisotopic (exact) mass is 658 g/mol. The van der Waals surface area contributed by atoms with Gasteiger partial charge in [-0.1, -0.05) is 169 Å². The van der Waals surface area contributed by atoms with Crippen molar-refractivity contribution in [1.29, 1.82) is 0 Å². The molecule has 2 nitrogen and oxygen atoms in total. The van der Waals surface area contributed by atoms with E-state index in [0.717, 1.165) is 0 Å². The molecule has 0 saturated carbocycles. The van der Waals surface area contributed by atoms with E-state index in [4.69, 9.17) is 0 Å². The van der Waals surface area contributed by atoms with Gasteiger partial charge in [-0.3, -0.25) is 0 Å². The summed E-state index contributed by atoms with van der Waals surface area (Å²) in [5.41, 5.74) is 20.5. The highest BCUT2D eigenvalue weighted by Gasteiger charge is 2.48. The number of fused-ring (bicyclic) bond motifs is 6. The quantitative estimate of drug-likeness (QED) is 0.177. The topological polar surface area (TPSA) is 6.48 Å². The molecule has 0 amide bonds. The first kappa shape index (κ1) is 29.2. The summed E-state index contributed by atoms with van der Waals surface area (Å²) in [7, 11) is 0. The van der Waals surface area contributed by atoms with Crippen molar-refractivity contribution in [2.24, 2.45) is 0 Å². The molecule has 0 spiro atoms. The van der Waals surface area contributed by atoms with Crippen molar-refractivity contribution in [1.82, 2.24) is 0 Å². The fourth-order valence-electron chi connectivity index (χ4n) is 9.33. The van der Waals surface area contributed by atoms with E-state index in [1.54, 1.807) is 0 Å². The molecule has 0 atom stereocenters. The molecule has 3 aliphatic rings. The number of rotatable bonds is 4. The van der Waals surface area contributed by atoms with E-state index < -0.39 is 0 Å². The standard InChI is InChI=1S/C48H32B2N2/c1-3-17-33(18-4-1)35-21-7-11-27-41(35)51-43-29-13-9-23-37(43)49-40-26-16-32-46-48(40)50(39-25-15-31-45(51)47(39)49)38-24-10-14-30-44(38)52(46)42-28-12-8-22-36(42)34-19-5-2-6-20-34/h1-32H. The number of anilines is 6. The summed E-state index contributed by atoms with van der Waals surface area (Å²) in [4.78, 5) is 5.05. The van der Waals surface area contributed by atoms with Crippen LogP contribution in [0.2, 0.25) is 0 Å². The van der Waals surface area contributed by atoms with Crippen molar-refractivity contribution in [3.05, 3.63) is 194 Å². The molecule has 0 aliphatic carbocycles. The Kier molecular flexibility index (Phi) is 6.47. The maximum absolute atomic E-state index is 2.53. The Labute approximate surface area is 305 Å². The number of benzene rings is 8. The Morgan fingerprint density at radius 1 is 0.250 bits per heavy atom. The Morgan fingerprint density at radius 2 is 0.577 bits per heavy atom. The van der Waals surface area contributed by atoms with Crippen molar-refractivity contribution < 1.29 is 0 Å². The van der Waals surface area contributed by atoms with Crippen molar-refractivity contribution in [3.63, 3.8) is 0 Å². The van der Waals surface area contributed by atoms with Gasteiger partial charge in [-0.05, 0) is 69.4 Å². The molecule has 0 radical (unpaired) electrons. The maximum Gasteiger partial charge on any atom is 0.245 e. The minimum absolute atomic E-state index is 0.102. The second kappa shape index (κ2) is 11.5. The highest BCUT2D eigenvalue weighted by Crippen LogP contribution is 2.44. The molecule has 0 fully saturated rings. The van der Waals surface area contributed by atoms with Crippen LogP contribution >= 0.6 is 0 Å². The second-order valence-electron chi connectivity index (χ2n) is 14.0. The number of nitrogens with zero attached hydrogens (tertiary/aromatic N) is 2. The van der Waals surface area contributed by atoms with Crippen LogP contribution < -0.4 is 42.6 Å². The van der Waals surface area contributed by atoms with Crippen LogP contribution in [0.1, 0.15) is 0 Å². The third-order valence-corrected chi connectivity index (χ3v) is 11.4. The van der Waals surface area contributed by atoms with E-state index in [9.17, 15) is 0 Å². The van der Waals surface area contributed by atoms with E-state index in [1.165, 1.54) is 89.2 Å². The zero-order valence-electron chi connectivity index (χ0n) is 28.5. The number of hydrogen-bond acceptors (Lipinski definition) is 2. The molecule has 0 N–H and O–H groups in total. The lowest BCUT2D eigenvalue weighted by Crippen LogP contribution is -2.78. The van der Waals surface area contributed by atoms with Gasteiger partial charge in [0, 0.05) is 33.9 Å². The third-order valence-electron chi connectivity index (χ3n) is 11.4. The molecule has 3 heterocycles. The van der Waals surface area contributed by atoms with E-state index in [2.05, 4.69) is 204 Å². The van der Waals surface area contributed by atoms with Gasteiger partial charge >= 0.3 is 0 Å². The Morgan fingerprint density at radius 3 is 1.02 bits per heavy atom. The molecule has 8 aromatic rings. The van der Waals surface area contributed by atoms with Crippen molar-refractivity contribution in [2.75, 3.05) is 9.80 Å². The first-order chi connectivity index (χ1) is 25.9. The van der Waals surface area contributed by atoms with Crippen molar-refractivity contribution in [2.45, 2.75) is 0 Å². The zero-order chi connectivity index (χ0) is 34.2. The lowest BCUT2D eigenvalue weighted by atomic mass is 9.19. The Bertz CT molecular complexity index is 2490. The summed E-state index contributed by atoms with van der Waals surface area (Å²) >= 11 is 0. The number of hydrogen-bond donors (Lipinski definition) is 0. The molecule has 8 aromatic carbocycles. The van der Waals surface area contributed by atoms with Gasteiger partial charge in [0.25, 0.3) is 0 Å². The van der Waals surface area contributed by atoms with Gasteiger partial charge in [0.05, 0.1) is 11.4 Å². The highest BCUT2D eigenvalue weighted by molar-refractivity contribution is 7.13. The smallest absolute Gasteiger partial charge is 0.245 e. The third kappa shape index (κ3) is 4.15. The lowest BCUT2D eigenvalue weighted by molar-refractivity contribution is 1.29. The van der Waals surface area contributed by atoms with Crippen LogP contribution in [0.3, 0.4) is 0 Å². The van der Waals surface area contributed by atoms with Gasteiger partial charge in [0.15, 0.2) is 0 Å². The molecular weight excluding hydrogens is 626 g/mol. The van der Waals surface area contributed by atoms with E-state index >= 15 is 0 Å². The van der Waals surface area contributed by atoms with Crippen molar-refractivity contribution in [3.8, 4) is 22.3 Å². The molecule has 3 aliphatic heterocycles. The minimum atomic E-state index is 0.102. The molecule has 0 bridgehead atoms. The largest absolute Gasteiger partial charge is 0.311 e. The fraction of sp³-hybridized carbons (Fsp3) is 0. The summed E-state index contributed by atoms with van der Waals surface area (Å²) in [5, 5.41) is 0. The SMILES string of the molecule is c1ccc(-c2ccccc2N2c3ccccc3B3c4cccc5c4B(c4ccccc4N5c4ccccc4-c4ccccc4)c4cccc2c43)cc1. The zero-order valence-corrected chi connectivity index (χ0v) is 28.5. The molecule has 4 heteroatoms. The first-order valence-electron chi connectivity index (χ1n) is 18.2. The molecule has 11 rings (SSSR count). The molecule has 0 unspecified atom stereocenters. The van der Waals surface area contributed by atoms with E-state index in [0.29, 0.717) is 0 Å². The van der Waals surface area contributed by atoms with Crippen LogP contribution in [0.15, 0.2) is 194 Å². The average Bonchev–Trinajstić information content (AvgIpc) is 3.22. The molecular formula is C48H32B2N2. The summed E-state index contributed by atoms with van der Waals surface area (Å²) in [6.45, 7) is 0.204. The van der Waals surface area contributed by atoms with E-state index in [1.807, 2.05) is 0 Å². The Hall–Kier alpha value is -6.51. The van der Waals surface area contributed by atoms with Gasteiger partial charge in [0.2, 0.25) is 13.4 Å². The predicted molar refractivity (Wildman–Crippen MR) is 222 cm³/mol. The predicted octanol–water partition coefficient (Wildman–Crippen LogP) is 7.93. The van der Waals surface area contributed by atoms with E-state index in [-0.39, 0.29) is 13.4 Å². The summed E-state index contributed by atoms with van der Waals surface area (Å²) in [6.07, 6.45) is 0. The summed E-state index contributed by atoms with van der Waals surface area (Å²) in [6, 6.07) is 71.5. The lowest BCUT2D eigenvalue weighted by Gasteiger charge is -2.46. The second-order valence-corrected chi connectivity index (χ2v) is 14.0. The summed E-state index contributed by atoms with van der Waals surface area (Å²) < 4.78 is 0. The fourth-order valence-corrected chi connectivity index (χ4v) is 9.33. The van der Waals surface area contributed by atoms with Gasteiger partial charge in [-0.15, -0.1) is 0 Å². The van der Waals surface area contributed by atoms with Crippen LogP contribution in [-0.4, -0.2) is 13.4 Å². The van der Waals surface area contributed by atoms with Crippen LogP contribution in [0.5, 0.6) is 0 Å². The molecule has 52 heavy (non-hydrogen) atoms. The van der Waals surface area contributed by atoms with Crippen molar-refractivity contribution >= 4 is 80.3 Å². The highest BCUT2D eigenvalue weighted by atomic mass is 15.2. The average molecular weight is 658 g/mol. The van der Waals surface area contributed by atoms with Gasteiger partial charge < -0.3 is 9.80 Å². The van der Waals surface area contributed by atoms with Gasteiger partial charge in [-0.25, -0.2) is 0 Å². The van der Waals surface area contributed by atoms with Crippen LogP contribution in [0.4, 0.5) is 34.1 Å². The molecule has 240 valence electrons. The maximum atomic E-state index is 2.53. The minimum Gasteiger partial charge on any atom is -0.311 e. The normalized spacial score (nSPS) is 13.2. The first-order valence-corrected chi connectivity index (χ1v) is 18.2. The number of para-hydroxylation sites is 4. The Balaban J connectivity index is 1.19. The van der Waals surface area contributed by atoms with Crippen LogP contribution in [0.25, 0.3) is 22.3 Å². The van der Waals surface area contributed by atoms with Crippen LogP contribution in [-0.2, 0) is 0 Å². The van der Waals surface area contributed by atoms with Crippen LogP contribution in [0, 0.1) is 0 Å². The van der Waals surface area contributed by atoms with Gasteiger partial charge in [-0.2, -0.15) is 0 Å². The summed E-state index contributed by atoms with van der Waals surface area (Å²) in [5.74, 6) is 0. The molecule has 0 saturated heterocycles.